The number of benzene rings is 2. The van der Waals surface area contributed by atoms with Crippen LogP contribution in [0.3, 0.4) is 0 Å². The lowest BCUT2D eigenvalue weighted by Crippen LogP contribution is -2.38. The van der Waals surface area contributed by atoms with Crippen molar-refractivity contribution in [2.45, 2.75) is 25.4 Å². The van der Waals surface area contributed by atoms with Gasteiger partial charge in [0.1, 0.15) is 17.5 Å². The van der Waals surface area contributed by atoms with E-state index in [-0.39, 0.29) is 5.82 Å². The standard InChI is InChI=1S/C33H28N8/c34-20-30-36-16-11-29(38-30)37-27-13-17-40(18-14-27)22-23-6-8-25(9-7-23)31-32(26-4-2-1-3-5-26)41-19-12-24-10-15-35-21-28(24)33(41)39-31/h1-12,15-16,19,21,27H,13-14,17-18,22H2,(H,36,37,38). The van der Waals surface area contributed by atoms with Crippen molar-refractivity contribution >= 4 is 22.2 Å². The molecule has 0 atom stereocenters. The molecule has 8 nitrogen and oxygen atoms in total. The third-order valence-corrected chi connectivity index (χ3v) is 7.79. The summed E-state index contributed by atoms with van der Waals surface area (Å²) in [5.74, 6) is 0.914. The molecule has 1 aliphatic heterocycles. The van der Waals surface area contributed by atoms with E-state index < -0.39 is 0 Å². The zero-order valence-electron chi connectivity index (χ0n) is 22.5. The number of piperidine rings is 1. The SMILES string of the molecule is N#Cc1nccc(NC2CCN(Cc3ccc(-c4nc5c6cnccc6ccn5c4-c4ccccc4)cc3)CC2)n1. The predicted octanol–water partition coefficient (Wildman–Crippen LogP) is 5.95. The zero-order valence-corrected chi connectivity index (χ0v) is 22.5. The molecule has 7 rings (SSSR count). The normalized spacial score (nSPS) is 14.3. The van der Waals surface area contributed by atoms with Crippen LogP contribution < -0.4 is 5.32 Å². The molecule has 41 heavy (non-hydrogen) atoms. The molecule has 0 bridgehead atoms. The molecule has 8 heteroatoms. The molecule has 1 saturated heterocycles. The van der Waals surface area contributed by atoms with Crippen LogP contribution >= 0.6 is 0 Å². The third-order valence-electron chi connectivity index (χ3n) is 7.79. The maximum atomic E-state index is 9.05. The second kappa shape index (κ2) is 10.8. The number of pyridine rings is 2. The largest absolute Gasteiger partial charge is 0.367 e. The Hall–Kier alpha value is -5.13. The van der Waals surface area contributed by atoms with Gasteiger partial charge in [0.2, 0.25) is 5.82 Å². The summed E-state index contributed by atoms with van der Waals surface area (Å²) >= 11 is 0. The number of anilines is 1. The Bertz CT molecular complexity index is 1860. The van der Waals surface area contributed by atoms with E-state index in [2.05, 4.69) is 90.4 Å². The predicted molar refractivity (Wildman–Crippen MR) is 160 cm³/mol. The molecule has 0 amide bonds. The molecule has 5 heterocycles. The van der Waals surface area contributed by atoms with Crippen molar-refractivity contribution in [3.05, 3.63) is 109 Å². The van der Waals surface area contributed by atoms with Gasteiger partial charge in [0, 0.05) is 67.0 Å². The average molecular weight is 537 g/mol. The van der Waals surface area contributed by atoms with Gasteiger partial charge in [0.05, 0.1) is 11.4 Å². The highest BCUT2D eigenvalue weighted by Gasteiger charge is 2.21. The molecule has 0 unspecified atom stereocenters. The fraction of sp³-hybridized carbons (Fsp3) is 0.182. The first-order valence-electron chi connectivity index (χ1n) is 13.9. The first-order valence-corrected chi connectivity index (χ1v) is 13.9. The molecule has 0 radical (unpaired) electrons. The molecule has 2 aromatic carbocycles. The van der Waals surface area contributed by atoms with Crippen molar-refractivity contribution in [3.63, 3.8) is 0 Å². The van der Waals surface area contributed by atoms with Crippen LogP contribution in [0.15, 0.2) is 97.6 Å². The van der Waals surface area contributed by atoms with Crippen LogP contribution in [0, 0.1) is 11.3 Å². The van der Waals surface area contributed by atoms with Crippen LogP contribution in [0.5, 0.6) is 0 Å². The Morgan fingerprint density at radius 1 is 0.878 bits per heavy atom. The van der Waals surface area contributed by atoms with Gasteiger partial charge in [0.15, 0.2) is 0 Å². The Morgan fingerprint density at radius 3 is 2.51 bits per heavy atom. The van der Waals surface area contributed by atoms with E-state index in [1.165, 1.54) is 5.56 Å². The number of hydrogen-bond acceptors (Lipinski definition) is 7. The minimum absolute atomic E-state index is 0.195. The molecular formula is C33H28N8. The molecule has 0 saturated carbocycles. The minimum Gasteiger partial charge on any atom is -0.367 e. The Balaban J connectivity index is 1.10. The highest BCUT2D eigenvalue weighted by atomic mass is 15.1. The van der Waals surface area contributed by atoms with Crippen LogP contribution in [0.25, 0.3) is 38.9 Å². The molecule has 1 fully saturated rings. The Morgan fingerprint density at radius 2 is 1.71 bits per heavy atom. The van der Waals surface area contributed by atoms with Crippen molar-refractivity contribution in [1.29, 1.82) is 5.26 Å². The summed E-state index contributed by atoms with van der Waals surface area (Å²) in [6.07, 6.45) is 9.50. The smallest absolute Gasteiger partial charge is 0.234 e. The first kappa shape index (κ1) is 24.9. The molecule has 0 aliphatic carbocycles. The fourth-order valence-electron chi connectivity index (χ4n) is 5.70. The number of rotatable bonds is 6. The van der Waals surface area contributed by atoms with Gasteiger partial charge in [-0.2, -0.15) is 5.26 Å². The van der Waals surface area contributed by atoms with E-state index in [0.717, 1.165) is 77.2 Å². The Kier molecular flexibility index (Phi) is 6.55. The molecular weight excluding hydrogens is 508 g/mol. The summed E-state index contributed by atoms with van der Waals surface area (Å²) in [6, 6.07) is 27.6. The number of nitriles is 1. The summed E-state index contributed by atoms with van der Waals surface area (Å²) in [5, 5.41) is 14.7. The monoisotopic (exact) mass is 536 g/mol. The number of fused-ring (bicyclic) bond motifs is 3. The lowest BCUT2D eigenvalue weighted by atomic mass is 10.0. The van der Waals surface area contributed by atoms with Crippen LogP contribution in [0.4, 0.5) is 5.82 Å². The van der Waals surface area contributed by atoms with E-state index in [1.807, 2.05) is 36.7 Å². The van der Waals surface area contributed by atoms with Crippen molar-refractivity contribution in [2.75, 3.05) is 18.4 Å². The average Bonchev–Trinajstić information content (AvgIpc) is 3.43. The van der Waals surface area contributed by atoms with E-state index in [1.54, 1.807) is 6.20 Å². The second-order valence-electron chi connectivity index (χ2n) is 10.4. The Labute approximate surface area is 238 Å². The van der Waals surface area contributed by atoms with Crippen molar-refractivity contribution < 1.29 is 0 Å². The lowest BCUT2D eigenvalue weighted by molar-refractivity contribution is 0.211. The van der Waals surface area contributed by atoms with Gasteiger partial charge in [-0.15, -0.1) is 0 Å². The van der Waals surface area contributed by atoms with Crippen molar-refractivity contribution in [3.8, 4) is 28.6 Å². The van der Waals surface area contributed by atoms with Gasteiger partial charge >= 0.3 is 0 Å². The lowest BCUT2D eigenvalue weighted by Gasteiger charge is -2.32. The van der Waals surface area contributed by atoms with Crippen LogP contribution in [0.2, 0.25) is 0 Å². The van der Waals surface area contributed by atoms with Gasteiger partial charge in [-0.05, 0) is 42.0 Å². The van der Waals surface area contributed by atoms with E-state index >= 15 is 0 Å². The fourth-order valence-corrected chi connectivity index (χ4v) is 5.70. The van der Waals surface area contributed by atoms with Gasteiger partial charge < -0.3 is 5.32 Å². The molecule has 0 spiro atoms. The third kappa shape index (κ3) is 4.99. The maximum absolute atomic E-state index is 9.05. The molecule has 200 valence electrons. The van der Waals surface area contributed by atoms with Crippen molar-refractivity contribution in [1.82, 2.24) is 29.2 Å². The maximum Gasteiger partial charge on any atom is 0.234 e. The zero-order chi connectivity index (χ0) is 27.6. The molecule has 4 aromatic heterocycles. The second-order valence-corrected chi connectivity index (χ2v) is 10.4. The number of imidazole rings is 1. The van der Waals surface area contributed by atoms with Crippen molar-refractivity contribution in [2.24, 2.45) is 0 Å². The minimum atomic E-state index is 0.195. The van der Waals surface area contributed by atoms with Crippen LogP contribution in [0.1, 0.15) is 24.2 Å². The molecule has 1 aliphatic rings. The van der Waals surface area contributed by atoms with E-state index in [9.17, 15) is 0 Å². The van der Waals surface area contributed by atoms with Gasteiger partial charge in [0.25, 0.3) is 0 Å². The summed E-state index contributed by atoms with van der Waals surface area (Å²) in [7, 11) is 0. The first-order chi connectivity index (χ1) is 20.2. The van der Waals surface area contributed by atoms with E-state index in [4.69, 9.17) is 10.2 Å². The number of aromatic nitrogens is 5. The summed E-state index contributed by atoms with van der Waals surface area (Å²) in [5.41, 5.74) is 6.47. The number of nitrogens with one attached hydrogen (secondary N) is 1. The van der Waals surface area contributed by atoms with Gasteiger partial charge in [-0.3, -0.25) is 14.3 Å². The molecule has 1 N–H and O–H groups in total. The quantitative estimate of drug-likeness (QED) is 0.281. The van der Waals surface area contributed by atoms with Gasteiger partial charge in [-0.25, -0.2) is 15.0 Å². The van der Waals surface area contributed by atoms with Crippen LogP contribution in [-0.4, -0.2) is 48.4 Å². The van der Waals surface area contributed by atoms with Gasteiger partial charge in [-0.1, -0.05) is 54.6 Å². The highest BCUT2D eigenvalue weighted by Crippen LogP contribution is 2.35. The molecule has 6 aromatic rings. The summed E-state index contributed by atoms with van der Waals surface area (Å²) < 4.78 is 2.18. The summed E-state index contributed by atoms with van der Waals surface area (Å²) in [4.78, 5) is 20.2. The number of hydrogen-bond donors (Lipinski definition) is 1. The number of nitrogens with zero attached hydrogens (tertiary/aromatic N) is 7. The summed E-state index contributed by atoms with van der Waals surface area (Å²) in [6.45, 7) is 2.91. The number of likely N-dealkylation sites (tertiary alicyclic amines) is 1. The van der Waals surface area contributed by atoms with Crippen LogP contribution in [-0.2, 0) is 6.54 Å². The highest BCUT2D eigenvalue weighted by molar-refractivity contribution is 5.96. The van der Waals surface area contributed by atoms with E-state index in [0.29, 0.717) is 6.04 Å². The topological polar surface area (TPSA) is 95.0 Å².